The van der Waals surface area contributed by atoms with Crippen LogP contribution in [0.1, 0.15) is 24.8 Å². The third kappa shape index (κ3) is 3.97. The molecule has 0 aliphatic heterocycles. The molecule has 108 valence electrons. The van der Waals surface area contributed by atoms with Gasteiger partial charge in [-0.3, -0.25) is 0 Å². The SMILES string of the molecule is CC(CCc1ccco1)Nc1ccc(C(F)(F)F)nn1. The van der Waals surface area contributed by atoms with Crippen molar-refractivity contribution in [1.82, 2.24) is 10.2 Å². The summed E-state index contributed by atoms with van der Waals surface area (Å²) in [6.45, 7) is 1.92. The molecular weight excluding hydrogens is 271 g/mol. The first-order valence-electron chi connectivity index (χ1n) is 6.15. The van der Waals surface area contributed by atoms with E-state index in [1.165, 1.54) is 6.07 Å². The van der Waals surface area contributed by atoms with Crippen LogP contribution >= 0.6 is 0 Å². The van der Waals surface area contributed by atoms with Crippen LogP contribution < -0.4 is 5.32 Å². The van der Waals surface area contributed by atoms with E-state index in [9.17, 15) is 13.2 Å². The van der Waals surface area contributed by atoms with Gasteiger partial charge in [-0.05, 0) is 37.6 Å². The summed E-state index contributed by atoms with van der Waals surface area (Å²) in [4.78, 5) is 0. The van der Waals surface area contributed by atoms with E-state index in [1.54, 1.807) is 6.26 Å². The van der Waals surface area contributed by atoms with Gasteiger partial charge in [0, 0.05) is 12.5 Å². The van der Waals surface area contributed by atoms with Crippen molar-refractivity contribution in [3.05, 3.63) is 42.0 Å². The lowest BCUT2D eigenvalue weighted by Crippen LogP contribution is -2.18. The summed E-state index contributed by atoms with van der Waals surface area (Å²) in [6, 6.07) is 5.93. The molecule has 0 aliphatic carbocycles. The van der Waals surface area contributed by atoms with Gasteiger partial charge >= 0.3 is 6.18 Å². The van der Waals surface area contributed by atoms with Crippen LogP contribution in [0.4, 0.5) is 19.0 Å². The molecule has 0 saturated carbocycles. The smallest absolute Gasteiger partial charge is 0.435 e. The van der Waals surface area contributed by atoms with Gasteiger partial charge in [-0.15, -0.1) is 10.2 Å². The summed E-state index contributed by atoms with van der Waals surface area (Å²) in [5.74, 6) is 1.20. The molecule has 1 unspecified atom stereocenters. The van der Waals surface area contributed by atoms with E-state index in [4.69, 9.17) is 4.42 Å². The van der Waals surface area contributed by atoms with E-state index in [2.05, 4.69) is 15.5 Å². The fourth-order valence-corrected chi connectivity index (χ4v) is 1.70. The van der Waals surface area contributed by atoms with Gasteiger partial charge in [0.1, 0.15) is 11.6 Å². The van der Waals surface area contributed by atoms with E-state index in [0.717, 1.165) is 24.7 Å². The average Bonchev–Trinajstić information content (AvgIpc) is 2.89. The lowest BCUT2D eigenvalue weighted by molar-refractivity contribution is -0.141. The number of halogens is 3. The Balaban J connectivity index is 1.86. The fraction of sp³-hybridized carbons (Fsp3) is 0.385. The van der Waals surface area contributed by atoms with Crippen molar-refractivity contribution in [3.63, 3.8) is 0 Å². The molecule has 0 bridgehead atoms. The number of furan rings is 1. The number of nitrogens with zero attached hydrogens (tertiary/aromatic N) is 2. The predicted octanol–water partition coefficient (Wildman–Crippen LogP) is 3.52. The molecule has 20 heavy (non-hydrogen) atoms. The fourth-order valence-electron chi connectivity index (χ4n) is 1.70. The van der Waals surface area contributed by atoms with Crippen molar-refractivity contribution in [1.29, 1.82) is 0 Å². The van der Waals surface area contributed by atoms with E-state index < -0.39 is 11.9 Å². The Hall–Kier alpha value is -2.05. The van der Waals surface area contributed by atoms with Crippen LogP contribution in [0.15, 0.2) is 34.9 Å². The number of alkyl halides is 3. The third-order valence-electron chi connectivity index (χ3n) is 2.75. The summed E-state index contributed by atoms with van der Waals surface area (Å²) in [6.07, 6.45) is -1.34. The van der Waals surface area contributed by atoms with E-state index in [0.29, 0.717) is 5.82 Å². The second kappa shape index (κ2) is 5.94. The Morgan fingerprint density at radius 3 is 2.60 bits per heavy atom. The van der Waals surface area contributed by atoms with Crippen molar-refractivity contribution < 1.29 is 17.6 Å². The number of anilines is 1. The van der Waals surface area contributed by atoms with Crippen LogP contribution in [0.2, 0.25) is 0 Å². The summed E-state index contributed by atoms with van der Waals surface area (Å²) in [5.41, 5.74) is -0.994. The Kier molecular flexibility index (Phi) is 4.26. The van der Waals surface area contributed by atoms with Gasteiger partial charge in [-0.2, -0.15) is 13.2 Å². The summed E-state index contributed by atoms with van der Waals surface area (Å²) >= 11 is 0. The molecule has 2 rings (SSSR count). The molecule has 2 aromatic heterocycles. The van der Waals surface area contributed by atoms with E-state index >= 15 is 0 Å². The van der Waals surface area contributed by atoms with E-state index in [1.807, 2.05) is 19.1 Å². The highest BCUT2D eigenvalue weighted by Crippen LogP contribution is 2.27. The van der Waals surface area contributed by atoms with Crippen LogP contribution in [0, 0.1) is 0 Å². The molecule has 0 fully saturated rings. The van der Waals surface area contributed by atoms with Gasteiger partial charge in [-0.25, -0.2) is 0 Å². The Morgan fingerprint density at radius 2 is 2.05 bits per heavy atom. The van der Waals surface area contributed by atoms with E-state index in [-0.39, 0.29) is 6.04 Å². The van der Waals surface area contributed by atoms with Crippen LogP contribution in [-0.2, 0) is 12.6 Å². The van der Waals surface area contributed by atoms with Gasteiger partial charge in [0.25, 0.3) is 0 Å². The highest BCUT2D eigenvalue weighted by atomic mass is 19.4. The topological polar surface area (TPSA) is 51.0 Å². The third-order valence-corrected chi connectivity index (χ3v) is 2.75. The van der Waals surface area contributed by atoms with Gasteiger partial charge in [-0.1, -0.05) is 0 Å². The monoisotopic (exact) mass is 285 g/mol. The van der Waals surface area contributed by atoms with Gasteiger partial charge in [0.05, 0.1) is 6.26 Å². The molecule has 0 aliphatic rings. The van der Waals surface area contributed by atoms with Gasteiger partial charge < -0.3 is 9.73 Å². The largest absolute Gasteiger partial charge is 0.469 e. The zero-order valence-electron chi connectivity index (χ0n) is 10.8. The molecule has 4 nitrogen and oxygen atoms in total. The highest BCUT2D eigenvalue weighted by Gasteiger charge is 2.32. The standard InChI is InChI=1S/C13H14F3N3O/c1-9(4-5-10-3-2-8-20-10)17-12-7-6-11(18-19-12)13(14,15)16/h2-3,6-9H,4-5H2,1H3,(H,17,19). The van der Waals surface area contributed by atoms with Crippen LogP contribution in [-0.4, -0.2) is 16.2 Å². The Morgan fingerprint density at radius 1 is 1.25 bits per heavy atom. The maximum Gasteiger partial charge on any atom is 0.435 e. The molecule has 0 aromatic carbocycles. The molecule has 2 heterocycles. The van der Waals surface area contributed by atoms with Crippen LogP contribution in [0.3, 0.4) is 0 Å². The first kappa shape index (κ1) is 14.4. The number of hydrogen-bond acceptors (Lipinski definition) is 4. The molecular formula is C13H14F3N3O. The predicted molar refractivity (Wildman–Crippen MR) is 67.1 cm³/mol. The molecule has 7 heteroatoms. The van der Waals surface area contributed by atoms with Crippen molar-refractivity contribution in [2.45, 2.75) is 32.0 Å². The quantitative estimate of drug-likeness (QED) is 0.913. The highest BCUT2D eigenvalue weighted by molar-refractivity contribution is 5.34. The van der Waals surface area contributed by atoms with Gasteiger partial charge in [0.2, 0.25) is 0 Å². The van der Waals surface area contributed by atoms with Crippen LogP contribution in [0.25, 0.3) is 0 Å². The lowest BCUT2D eigenvalue weighted by atomic mass is 10.1. The minimum Gasteiger partial charge on any atom is -0.469 e. The Bertz CT molecular complexity index is 523. The molecule has 1 atom stereocenters. The van der Waals surface area contributed by atoms with Crippen LogP contribution in [0.5, 0.6) is 0 Å². The van der Waals surface area contributed by atoms with Gasteiger partial charge in [0.15, 0.2) is 5.69 Å². The minimum absolute atomic E-state index is 0.0473. The van der Waals surface area contributed by atoms with Crippen molar-refractivity contribution in [2.75, 3.05) is 5.32 Å². The normalized spacial score (nSPS) is 13.2. The minimum atomic E-state index is -4.46. The number of aromatic nitrogens is 2. The molecule has 0 radical (unpaired) electrons. The summed E-state index contributed by atoms with van der Waals surface area (Å²) in [7, 11) is 0. The summed E-state index contributed by atoms with van der Waals surface area (Å²) < 4.78 is 42.2. The molecule has 1 N–H and O–H groups in total. The number of aryl methyl sites for hydroxylation is 1. The first-order valence-corrected chi connectivity index (χ1v) is 6.15. The zero-order chi connectivity index (χ0) is 14.6. The zero-order valence-corrected chi connectivity index (χ0v) is 10.8. The molecule has 0 amide bonds. The molecule has 0 saturated heterocycles. The Labute approximate surface area is 114 Å². The van der Waals surface area contributed by atoms with Crippen molar-refractivity contribution in [2.24, 2.45) is 0 Å². The summed E-state index contributed by atoms with van der Waals surface area (Å²) in [5, 5.41) is 9.68. The molecule has 0 spiro atoms. The number of nitrogens with one attached hydrogen (secondary N) is 1. The molecule has 2 aromatic rings. The average molecular weight is 285 g/mol. The number of rotatable bonds is 5. The van der Waals surface area contributed by atoms with Crippen molar-refractivity contribution in [3.8, 4) is 0 Å². The lowest BCUT2D eigenvalue weighted by Gasteiger charge is -2.13. The first-order chi connectivity index (χ1) is 9.45. The second-order valence-corrected chi connectivity index (χ2v) is 4.46. The number of hydrogen-bond donors (Lipinski definition) is 1. The van der Waals surface area contributed by atoms with Crippen molar-refractivity contribution >= 4 is 5.82 Å². The second-order valence-electron chi connectivity index (χ2n) is 4.46. The maximum atomic E-state index is 12.3. The maximum absolute atomic E-state index is 12.3.